The fraction of sp³-hybridized carbons (Fsp3) is 0.0800. The van der Waals surface area contributed by atoms with E-state index < -0.39 is 0 Å². The summed E-state index contributed by atoms with van der Waals surface area (Å²) in [6.45, 7) is 0. The van der Waals surface area contributed by atoms with Gasteiger partial charge in [-0.15, -0.1) is 0 Å². The van der Waals surface area contributed by atoms with Crippen molar-refractivity contribution < 1.29 is 0 Å². The van der Waals surface area contributed by atoms with Crippen LogP contribution in [-0.4, -0.2) is 19.1 Å². The van der Waals surface area contributed by atoms with Crippen LogP contribution >= 0.6 is 0 Å². The van der Waals surface area contributed by atoms with Crippen LogP contribution in [-0.2, 0) is 0 Å². The number of hydrogen-bond donors (Lipinski definition) is 0. The first-order chi connectivity index (χ1) is 13.2. The van der Waals surface area contributed by atoms with Gasteiger partial charge in [0.2, 0.25) is 0 Å². The molecule has 2 heteroatoms. The lowest BCUT2D eigenvalue weighted by atomic mass is 9.96. The third-order valence-corrected chi connectivity index (χ3v) is 4.60. The fourth-order valence-electron chi connectivity index (χ4n) is 3.15. The molecule has 0 aliphatic carbocycles. The predicted octanol–water partition coefficient (Wildman–Crippen LogP) is 5.95. The monoisotopic (exact) mass is 349 g/mol. The second kappa shape index (κ2) is 7.46. The summed E-state index contributed by atoms with van der Waals surface area (Å²) in [6, 6.07) is 32.7. The van der Waals surface area contributed by atoms with Crippen molar-refractivity contribution in [3.63, 3.8) is 0 Å². The smallest absolute Gasteiger partial charge is 0.0787 e. The van der Waals surface area contributed by atoms with Crippen molar-refractivity contribution >= 4 is 5.69 Å². The zero-order valence-corrected chi connectivity index (χ0v) is 15.6. The third kappa shape index (κ3) is 3.61. The second-order valence-electron chi connectivity index (χ2n) is 6.70. The van der Waals surface area contributed by atoms with Gasteiger partial charge in [-0.25, -0.2) is 0 Å². The van der Waals surface area contributed by atoms with Crippen molar-refractivity contribution in [3.8, 4) is 33.5 Å². The summed E-state index contributed by atoms with van der Waals surface area (Å²) in [5.74, 6) is 0. The van der Waals surface area contributed by atoms with Crippen LogP contribution in [0.3, 0.4) is 0 Å². The van der Waals surface area contributed by atoms with E-state index in [9.17, 15) is 0 Å². The summed E-state index contributed by atoms with van der Waals surface area (Å²) < 4.78 is 0. The molecule has 1 aromatic heterocycles. The molecule has 131 valence electrons. The molecule has 0 N–H and O–H groups in total. The lowest BCUT2D eigenvalue weighted by molar-refractivity contribution is 1.13. The molecule has 0 fully saturated rings. The Bertz CT molecular complexity index is 1040. The predicted molar refractivity (Wildman–Crippen MR) is 114 cm³/mol. The van der Waals surface area contributed by atoms with Crippen molar-refractivity contribution in [2.75, 3.05) is 19.0 Å². The number of hydrogen-bond acceptors (Lipinski definition) is 2. The highest BCUT2D eigenvalue weighted by molar-refractivity contribution is 5.84. The van der Waals surface area contributed by atoms with E-state index in [0.29, 0.717) is 0 Å². The molecule has 0 atom stereocenters. The van der Waals surface area contributed by atoms with E-state index >= 15 is 0 Å². The van der Waals surface area contributed by atoms with Crippen LogP contribution in [0.25, 0.3) is 33.5 Å². The molecular formula is C25H21N2. The van der Waals surface area contributed by atoms with Gasteiger partial charge in [0.1, 0.15) is 0 Å². The van der Waals surface area contributed by atoms with Crippen LogP contribution in [0.5, 0.6) is 0 Å². The molecule has 4 rings (SSSR count). The van der Waals surface area contributed by atoms with Crippen molar-refractivity contribution in [1.29, 1.82) is 0 Å². The molecule has 0 unspecified atom stereocenters. The largest absolute Gasteiger partial charge is 0.378 e. The molecule has 1 radical (unpaired) electrons. The minimum atomic E-state index is 0.949. The maximum absolute atomic E-state index is 4.85. The van der Waals surface area contributed by atoms with Crippen molar-refractivity contribution in [3.05, 3.63) is 97.2 Å². The maximum atomic E-state index is 4.85. The molecule has 27 heavy (non-hydrogen) atoms. The van der Waals surface area contributed by atoms with Crippen molar-refractivity contribution in [2.24, 2.45) is 0 Å². The molecule has 0 saturated carbocycles. The Morgan fingerprint density at radius 2 is 1.33 bits per heavy atom. The summed E-state index contributed by atoms with van der Waals surface area (Å²) in [6.07, 6.45) is 1.92. The highest BCUT2D eigenvalue weighted by Crippen LogP contribution is 2.34. The van der Waals surface area contributed by atoms with E-state index in [1.165, 1.54) is 0 Å². The van der Waals surface area contributed by atoms with E-state index in [1.807, 2.05) is 30.5 Å². The summed E-state index contributed by atoms with van der Waals surface area (Å²) in [7, 11) is 4.10. The quantitative estimate of drug-likeness (QED) is 0.453. The zero-order chi connectivity index (χ0) is 18.6. The first kappa shape index (κ1) is 17.0. The second-order valence-corrected chi connectivity index (χ2v) is 6.70. The maximum Gasteiger partial charge on any atom is 0.0787 e. The molecule has 1 heterocycles. The van der Waals surface area contributed by atoms with Crippen LogP contribution in [0.1, 0.15) is 0 Å². The van der Waals surface area contributed by atoms with Gasteiger partial charge in [0.05, 0.1) is 5.69 Å². The molecule has 0 aliphatic rings. The molecule has 3 aromatic carbocycles. The normalized spacial score (nSPS) is 10.6. The van der Waals surface area contributed by atoms with Gasteiger partial charge < -0.3 is 4.90 Å². The number of aromatic nitrogens is 1. The number of benzene rings is 3. The summed E-state index contributed by atoms with van der Waals surface area (Å²) >= 11 is 0. The van der Waals surface area contributed by atoms with Gasteiger partial charge in [-0.1, -0.05) is 72.8 Å². The van der Waals surface area contributed by atoms with Crippen molar-refractivity contribution in [1.82, 2.24) is 4.98 Å². The first-order valence-electron chi connectivity index (χ1n) is 9.03. The minimum absolute atomic E-state index is 0.949. The van der Waals surface area contributed by atoms with E-state index in [-0.39, 0.29) is 0 Å². The highest BCUT2D eigenvalue weighted by Gasteiger charge is 2.12. The zero-order valence-electron chi connectivity index (χ0n) is 15.6. The summed E-state index contributed by atoms with van der Waals surface area (Å²) in [5.41, 5.74) is 7.46. The number of nitrogens with zero attached hydrogens (tertiary/aromatic N) is 2. The Kier molecular flexibility index (Phi) is 4.71. The molecule has 0 saturated heterocycles. The van der Waals surface area contributed by atoms with Gasteiger partial charge in [-0.2, -0.15) is 0 Å². The SMILES string of the molecule is CN(C)c1cccc(-c2ncc(-c3ccccc3)[c]c2-c2ccccc2)c1. The average Bonchev–Trinajstić information content (AvgIpc) is 2.74. The van der Waals surface area contributed by atoms with Crippen LogP contribution in [0.4, 0.5) is 5.69 Å². The van der Waals surface area contributed by atoms with E-state index in [4.69, 9.17) is 4.98 Å². The van der Waals surface area contributed by atoms with Gasteiger partial charge in [-0.05, 0) is 23.3 Å². The Balaban J connectivity index is 1.90. The summed E-state index contributed by atoms with van der Waals surface area (Å²) in [4.78, 5) is 6.96. The Morgan fingerprint density at radius 1 is 0.704 bits per heavy atom. The van der Waals surface area contributed by atoms with Gasteiger partial charge >= 0.3 is 0 Å². The van der Waals surface area contributed by atoms with Crippen LogP contribution in [0.2, 0.25) is 0 Å². The van der Waals surface area contributed by atoms with Gasteiger partial charge in [0, 0.05) is 48.7 Å². The lowest BCUT2D eigenvalue weighted by Gasteiger charge is -2.15. The molecule has 4 aromatic rings. The Labute approximate surface area is 160 Å². The number of anilines is 1. The molecular weight excluding hydrogens is 328 g/mol. The molecule has 0 aliphatic heterocycles. The first-order valence-corrected chi connectivity index (χ1v) is 9.03. The molecule has 0 spiro atoms. The standard InChI is InChI=1S/C25H21N2/c1-27(2)23-15-9-14-21(16-23)25-24(20-12-7-4-8-13-20)17-22(18-26-25)19-10-5-3-6-11-19/h3-16,18H,1-2H3. The van der Waals surface area contributed by atoms with E-state index in [1.54, 1.807) is 0 Å². The van der Waals surface area contributed by atoms with Crippen molar-refractivity contribution in [2.45, 2.75) is 0 Å². The van der Waals surface area contributed by atoms with Gasteiger partial charge in [-0.3, -0.25) is 4.98 Å². The van der Waals surface area contributed by atoms with E-state index in [0.717, 1.165) is 39.2 Å². The summed E-state index contributed by atoms with van der Waals surface area (Å²) in [5, 5.41) is 0. The minimum Gasteiger partial charge on any atom is -0.378 e. The van der Waals surface area contributed by atoms with Crippen LogP contribution in [0.15, 0.2) is 91.1 Å². The molecule has 0 bridgehead atoms. The topological polar surface area (TPSA) is 16.1 Å². The fourth-order valence-corrected chi connectivity index (χ4v) is 3.15. The number of pyridine rings is 1. The highest BCUT2D eigenvalue weighted by atomic mass is 15.1. The van der Waals surface area contributed by atoms with Crippen LogP contribution in [0, 0.1) is 6.07 Å². The number of rotatable bonds is 4. The Morgan fingerprint density at radius 3 is 2.00 bits per heavy atom. The molecule has 0 amide bonds. The van der Waals surface area contributed by atoms with Gasteiger partial charge in [0.15, 0.2) is 0 Å². The van der Waals surface area contributed by atoms with E-state index in [2.05, 4.69) is 85.7 Å². The molecule has 2 nitrogen and oxygen atoms in total. The third-order valence-electron chi connectivity index (χ3n) is 4.60. The van der Waals surface area contributed by atoms with Gasteiger partial charge in [0.25, 0.3) is 0 Å². The average molecular weight is 349 g/mol. The Hall–Kier alpha value is -3.39. The van der Waals surface area contributed by atoms with Crippen LogP contribution < -0.4 is 4.90 Å². The lowest BCUT2D eigenvalue weighted by Crippen LogP contribution is -2.08.